The van der Waals surface area contributed by atoms with Gasteiger partial charge in [-0.1, -0.05) is 0 Å². The van der Waals surface area contributed by atoms with E-state index in [4.69, 9.17) is 0 Å². The molecule has 0 saturated carbocycles. The van der Waals surface area contributed by atoms with Gasteiger partial charge in [-0.05, 0) is 0 Å². The van der Waals surface area contributed by atoms with Gasteiger partial charge >= 0.3 is 159 Å². The number of hydrogen-bond donors (Lipinski definition) is 1. The Kier molecular flexibility index (Phi) is 5.82. The Balaban J connectivity index is 2.19. The zero-order valence-electron chi connectivity index (χ0n) is 15.1. The number of halogens is 1. The predicted molar refractivity (Wildman–Crippen MR) is 108 cm³/mol. The Morgan fingerprint density at radius 1 is 1.12 bits per heavy atom. The van der Waals surface area contributed by atoms with Crippen molar-refractivity contribution in [1.82, 2.24) is 0 Å². The molecule has 0 aliphatic rings. The van der Waals surface area contributed by atoms with E-state index in [9.17, 15) is 9.59 Å². The fraction of sp³-hybridized carbons (Fsp3) is 0.474. The third-order valence-electron chi connectivity index (χ3n) is 4.67. The van der Waals surface area contributed by atoms with Gasteiger partial charge in [-0.15, -0.1) is 0 Å². The summed E-state index contributed by atoms with van der Waals surface area (Å²) in [5.41, 5.74) is 3.65. The molecule has 24 heavy (non-hydrogen) atoms. The second-order valence-electron chi connectivity index (χ2n) is 7.51. The topological polar surface area (TPSA) is 46.2 Å². The van der Waals surface area contributed by atoms with E-state index in [0.29, 0.717) is 16.9 Å². The van der Waals surface area contributed by atoms with Crippen LogP contribution in [0.5, 0.6) is 0 Å². The van der Waals surface area contributed by atoms with Crippen molar-refractivity contribution in [2.75, 3.05) is 5.32 Å². The average molecular weight is 454 g/mol. The Hall–Kier alpha value is -0.862. The molecular formula is C19H25AsBrNO2. The van der Waals surface area contributed by atoms with Crippen molar-refractivity contribution in [3.63, 3.8) is 0 Å². The molecule has 2 atom stereocenters. The fourth-order valence-electron chi connectivity index (χ4n) is 2.53. The number of nitrogens with one attached hydrogen (secondary N) is 1. The molecule has 2 aromatic carbocycles. The zero-order valence-corrected chi connectivity index (χ0v) is 18.8. The molecule has 2 unspecified atom stereocenters. The Morgan fingerprint density at radius 2 is 1.67 bits per heavy atom. The molecule has 0 fully saturated rings. The molecule has 5 heteroatoms. The molecule has 0 heterocycles. The van der Waals surface area contributed by atoms with Gasteiger partial charge in [0, 0.05) is 0 Å². The maximum atomic E-state index is 12.0. The van der Waals surface area contributed by atoms with E-state index in [1.807, 2.05) is 0 Å². The molecule has 130 valence electrons. The molecule has 2 rings (SSSR count). The average Bonchev–Trinajstić information content (AvgIpc) is 2.46. The molecule has 0 aliphatic carbocycles. The molecule has 1 N–H and O–H groups in total. The van der Waals surface area contributed by atoms with Crippen molar-refractivity contribution in [2.45, 2.75) is 52.8 Å². The Labute approximate surface area is 158 Å². The van der Waals surface area contributed by atoms with E-state index in [0.717, 1.165) is 8.82 Å². The molecule has 0 bridgehead atoms. The van der Waals surface area contributed by atoms with E-state index in [2.05, 4.69) is 74.9 Å². The molecule has 0 radical (unpaired) electrons. The van der Waals surface area contributed by atoms with Gasteiger partial charge in [0.05, 0.1) is 0 Å². The number of rotatable bonds is 5. The fourth-order valence-corrected chi connectivity index (χ4v) is 6.27. The third kappa shape index (κ3) is 4.03. The molecule has 0 saturated heterocycles. The van der Waals surface area contributed by atoms with E-state index in [1.165, 1.54) is 16.7 Å². The van der Waals surface area contributed by atoms with Gasteiger partial charge in [0.15, 0.2) is 0 Å². The van der Waals surface area contributed by atoms with Crippen LogP contribution in [0.4, 0.5) is 5.69 Å². The van der Waals surface area contributed by atoms with Crippen LogP contribution in [0.2, 0.25) is 4.71 Å². The second-order valence-corrected chi connectivity index (χ2v) is 11.9. The SMILES string of the molecule is Cc1cc(Br)cc(C)c1CNc1c([AsH]C(C)C(C)(C)C)c(=O)c1=O. The normalized spacial score (nSPS) is 13.8. The molecule has 0 amide bonds. The van der Waals surface area contributed by atoms with Crippen LogP contribution < -0.4 is 20.5 Å². The first kappa shape index (κ1) is 19.5. The van der Waals surface area contributed by atoms with Crippen LogP contribution in [0.25, 0.3) is 0 Å². The summed E-state index contributed by atoms with van der Waals surface area (Å²) in [5.74, 6) is 0. The third-order valence-corrected chi connectivity index (χ3v) is 9.46. The van der Waals surface area contributed by atoms with Crippen LogP contribution in [-0.4, -0.2) is 15.8 Å². The number of benzene rings is 1. The molecule has 3 nitrogen and oxygen atoms in total. The molecular weight excluding hydrogens is 429 g/mol. The van der Waals surface area contributed by atoms with E-state index in [-0.39, 0.29) is 16.3 Å². The summed E-state index contributed by atoms with van der Waals surface area (Å²) in [5, 5.41) is 3.25. The Morgan fingerprint density at radius 3 is 2.17 bits per heavy atom. The predicted octanol–water partition coefficient (Wildman–Crippen LogP) is 3.19. The quantitative estimate of drug-likeness (QED) is 0.558. The standard InChI is InChI=1S/C19H25AsBrNO2/c1-10-7-13(21)8-11(2)14(10)9-22-16-15(17(23)18(16)24)20-12(3)19(4,5)6/h7-8,12,20,22H,9H2,1-6H3. The molecule has 2 aromatic rings. The van der Waals surface area contributed by atoms with Crippen LogP contribution in [0.3, 0.4) is 0 Å². The van der Waals surface area contributed by atoms with Crippen molar-refractivity contribution in [3.8, 4) is 0 Å². The number of aryl methyl sites for hydroxylation is 2. The molecule has 0 spiro atoms. The van der Waals surface area contributed by atoms with Crippen molar-refractivity contribution in [3.05, 3.63) is 53.7 Å². The van der Waals surface area contributed by atoms with Gasteiger partial charge in [-0.3, -0.25) is 0 Å². The summed E-state index contributed by atoms with van der Waals surface area (Å²) in [6.07, 6.45) is 0. The van der Waals surface area contributed by atoms with Crippen molar-refractivity contribution in [1.29, 1.82) is 0 Å². The summed E-state index contributed by atoms with van der Waals surface area (Å²) in [4.78, 5) is 24.0. The maximum absolute atomic E-state index is 12.0. The van der Waals surface area contributed by atoms with Crippen LogP contribution in [0, 0.1) is 19.3 Å². The van der Waals surface area contributed by atoms with Gasteiger partial charge in [0.2, 0.25) is 0 Å². The summed E-state index contributed by atoms with van der Waals surface area (Å²) < 4.78 is 2.30. The molecule has 0 aliphatic heterocycles. The Bertz CT molecular complexity index is 806. The van der Waals surface area contributed by atoms with Crippen LogP contribution >= 0.6 is 15.9 Å². The first-order chi connectivity index (χ1) is 11.0. The minimum absolute atomic E-state index is 0.163. The van der Waals surface area contributed by atoms with Crippen LogP contribution in [0.1, 0.15) is 44.4 Å². The van der Waals surface area contributed by atoms with Gasteiger partial charge in [0.25, 0.3) is 0 Å². The van der Waals surface area contributed by atoms with Crippen molar-refractivity contribution >= 4 is 41.7 Å². The summed E-state index contributed by atoms with van der Waals surface area (Å²) >= 11 is 2.87. The first-order valence-corrected chi connectivity index (χ1v) is 11.2. The van der Waals surface area contributed by atoms with Gasteiger partial charge in [-0.2, -0.15) is 0 Å². The second kappa shape index (κ2) is 7.17. The summed E-state index contributed by atoms with van der Waals surface area (Å²) in [6.45, 7) is 13.5. The summed E-state index contributed by atoms with van der Waals surface area (Å²) in [7, 11) is 0. The van der Waals surface area contributed by atoms with Crippen LogP contribution in [0.15, 0.2) is 26.2 Å². The van der Waals surface area contributed by atoms with E-state index < -0.39 is 15.8 Å². The van der Waals surface area contributed by atoms with Gasteiger partial charge < -0.3 is 0 Å². The van der Waals surface area contributed by atoms with Crippen LogP contribution in [-0.2, 0) is 6.54 Å². The van der Waals surface area contributed by atoms with Gasteiger partial charge in [-0.25, -0.2) is 0 Å². The summed E-state index contributed by atoms with van der Waals surface area (Å²) in [6, 6.07) is 4.14. The van der Waals surface area contributed by atoms with Crippen molar-refractivity contribution in [2.24, 2.45) is 5.41 Å². The first-order valence-electron chi connectivity index (χ1n) is 8.11. The number of hydrogen-bond acceptors (Lipinski definition) is 3. The molecule has 0 aromatic heterocycles. The van der Waals surface area contributed by atoms with E-state index >= 15 is 0 Å². The van der Waals surface area contributed by atoms with Gasteiger partial charge in [0.1, 0.15) is 0 Å². The van der Waals surface area contributed by atoms with E-state index in [1.54, 1.807) is 0 Å². The minimum atomic E-state index is -0.629. The number of anilines is 1. The zero-order chi connectivity index (χ0) is 18.2. The van der Waals surface area contributed by atoms with Crippen molar-refractivity contribution < 1.29 is 0 Å². The monoisotopic (exact) mass is 453 g/mol.